The third-order valence-corrected chi connectivity index (χ3v) is 3.77. The third-order valence-electron chi connectivity index (χ3n) is 3.27. The van der Waals surface area contributed by atoms with Crippen molar-refractivity contribution in [2.24, 2.45) is 0 Å². The summed E-state index contributed by atoms with van der Waals surface area (Å²) < 4.78 is 14.3. The van der Waals surface area contributed by atoms with Crippen LogP contribution in [0.5, 0.6) is 0 Å². The first-order valence-corrected chi connectivity index (χ1v) is 7.00. The molecule has 0 radical (unpaired) electrons. The molecule has 0 aliphatic carbocycles. The van der Waals surface area contributed by atoms with E-state index in [0.29, 0.717) is 12.1 Å². The Hall–Kier alpha value is -0.980. The topological polar surface area (TPSA) is 44.4 Å². The van der Waals surface area contributed by atoms with Gasteiger partial charge in [0.25, 0.3) is 0 Å². The van der Waals surface area contributed by atoms with Crippen LogP contribution in [-0.4, -0.2) is 43.5 Å². The molecule has 2 N–H and O–H groups in total. The van der Waals surface area contributed by atoms with Crippen molar-refractivity contribution >= 4 is 21.8 Å². The number of piperazine rings is 1. The highest BCUT2D eigenvalue weighted by Crippen LogP contribution is 2.15. The van der Waals surface area contributed by atoms with Crippen LogP contribution in [0.1, 0.15) is 5.56 Å². The summed E-state index contributed by atoms with van der Waals surface area (Å²) in [5.74, 6) is -0.382. The number of rotatable bonds is 3. The zero-order valence-corrected chi connectivity index (χ0v) is 12.3. The number of benzene rings is 1. The lowest BCUT2D eigenvalue weighted by Gasteiger charge is -2.31. The molecule has 1 atom stereocenters. The van der Waals surface area contributed by atoms with Crippen LogP contribution in [-0.2, 0) is 11.3 Å². The Balaban J connectivity index is 1.94. The van der Waals surface area contributed by atoms with Crippen molar-refractivity contribution < 1.29 is 9.18 Å². The van der Waals surface area contributed by atoms with Crippen LogP contribution in [0, 0.1) is 5.82 Å². The van der Waals surface area contributed by atoms with E-state index in [-0.39, 0.29) is 24.3 Å². The molecule has 4 nitrogen and oxygen atoms in total. The van der Waals surface area contributed by atoms with E-state index in [9.17, 15) is 9.18 Å². The van der Waals surface area contributed by atoms with Crippen molar-refractivity contribution in [2.75, 3.05) is 26.7 Å². The standard InChI is InChI=1S/C13H17BrFN3O/c1-18-5-4-16-8-12(18)13(19)17-7-9-6-10(14)2-3-11(9)15/h2-3,6,12,16H,4-5,7-8H2,1H3,(H,17,19). The summed E-state index contributed by atoms with van der Waals surface area (Å²) in [4.78, 5) is 14.1. The average Bonchev–Trinajstić information content (AvgIpc) is 2.40. The van der Waals surface area contributed by atoms with E-state index in [0.717, 1.165) is 17.6 Å². The number of amides is 1. The van der Waals surface area contributed by atoms with Crippen molar-refractivity contribution in [2.45, 2.75) is 12.6 Å². The molecular formula is C13H17BrFN3O. The zero-order chi connectivity index (χ0) is 13.8. The maximum Gasteiger partial charge on any atom is 0.238 e. The number of nitrogens with one attached hydrogen (secondary N) is 2. The van der Waals surface area contributed by atoms with Gasteiger partial charge in [-0.25, -0.2) is 4.39 Å². The van der Waals surface area contributed by atoms with Gasteiger partial charge in [-0.15, -0.1) is 0 Å². The summed E-state index contributed by atoms with van der Waals surface area (Å²) in [6, 6.07) is 4.52. The van der Waals surface area contributed by atoms with Crippen LogP contribution in [0.3, 0.4) is 0 Å². The molecular weight excluding hydrogens is 313 g/mol. The van der Waals surface area contributed by atoms with Crippen LogP contribution in [0.25, 0.3) is 0 Å². The summed E-state index contributed by atoms with van der Waals surface area (Å²) in [7, 11) is 1.92. The molecule has 0 saturated carbocycles. The molecule has 1 aromatic rings. The lowest BCUT2D eigenvalue weighted by molar-refractivity contribution is -0.126. The van der Waals surface area contributed by atoms with Crippen LogP contribution in [0.4, 0.5) is 4.39 Å². The molecule has 0 aromatic heterocycles. The Morgan fingerprint density at radius 1 is 1.63 bits per heavy atom. The Bertz CT molecular complexity index is 469. The van der Waals surface area contributed by atoms with Gasteiger partial charge in [0.2, 0.25) is 5.91 Å². The third kappa shape index (κ3) is 3.75. The number of likely N-dealkylation sites (N-methyl/N-ethyl adjacent to an activating group) is 1. The molecule has 104 valence electrons. The molecule has 1 aliphatic heterocycles. The van der Waals surface area contributed by atoms with E-state index >= 15 is 0 Å². The predicted octanol–water partition coefficient (Wildman–Crippen LogP) is 1.11. The molecule has 1 amide bonds. The second-order valence-corrected chi connectivity index (χ2v) is 5.57. The number of carbonyl (C=O) groups excluding carboxylic acids is 1. The maximum atomic E-state index is 13.5. The minimum absolute atomic E-state index is 0.0749. The number of hydrogen-bond donors (Lipinski definition) is 2. The molecule has 19 heavy (non-hydrogen) atoms. The highest BCUT2D eigenvalue weighted by molar-refractivity contribution is 9.10. The largest absolute Gasteiger partial charge is 0.351 e. The minimum atomic E-state index is -0.307. The van der Waals surface area contributed by atoms with Crippen molar-refractivity contribution in [3.63, 3.8) is 0 Å². The van der Waals surface area contributed by atoms with E-state index in [2.05, 4.69) is 26.6 Å². The molecule has 1 unspecified atom stereocenters. The molecule has 0 bridgehead atoms. The number of halogens is 2. The van der Waals surface area contributed by atoms with Crippen molar-refractivity contribution in [1.29, 1.82) is 0 Å². The molecule has 0 spiro atoms. The fourth-order valence-corrected chi connectivity index (χ4v) is 2.49. The second kappa shape index (κ2) is 6.45. The van der Waals surface area contributed by atoms with Crippen LogP contribution < -0.4 is 10.6 Å². The highest BCUT2D eigenvalue weighted by atomic mass is 79.9. The monoisotopic (exact) mass is 329 g/mol. The van der Waals surface area contributed by atoms with Gasteiger partial charge in [-0.05, 0) is 25.2 Å². The van der Waals surface area contributed by atoms with Gasteiger partial charge in [-0.2, -0.15) is 0 Å². The quantitative estimate of drug-likeness (QED) is 0.873. The molecule has 6 heteroatoms. The summed E-state index contributed by atoms with van der Waals surface area (Å²) >= 11 is 3.29. The van der Waals surface area contributed by atoms with Gasteiger partial charge in [0, 0.05) is 36.2 Å². The van der Waals surface area contributed by atoms with E-state index in [4.69, 9.17) is 0 Å². The number of nitrogens with zero attached hydrogens (tertiary/aromatic N) is 1. The van der Waals surface area contributed by atoms with E-state index in [1.165, 1.54) is 6.07 Å². The molecule has 1 aromatic carbocycles. The second-order valence-electron chi connectivity index (χ2n) is 4.65. The Morgan fingerprint density at radius 2 is 2.42 bits per heavy atom. The summed E-state index contributed by atoms with van der Waals surface area (Å²) in [5.41, 5.74) is 0.481. The predicted molar refractivity (Wildman–Crippen MR) is 75.2 cm³/mol. The Kier molecular flexibility index (Phi) is 4.90. The van der Waals surface area contributed by atoms with E-state index < -0.39 is 0 Å². The molecule has 1 heterocycles. The molecule has 1 saturated heterocycles. The van der Waals surface area contributed by atoms with E-state index in [1.807, 2.05) is 11.9 Å². The fraction of sp³-hybridized carbons (Fsp3) is 0.462. The fourth-order valence-electron chi connectivity index (χ4n) is 2.08. The molecule has 1 fully saturated rings. The van der Waals surface area contributed by atoms with Crippen molar-refractivity contribution in [3.8, 4) is 0 Å². The van der Waals surface area contributed by atoms with Gasteiger partial charge in [-0.1, -0.05) is 15.9 Å². The first-order chi connectivity index (χ1) is 9.08. The van der Waals surface area contributed by atoms with Crippen molar-refractivity contribution in [3.05, 3.63) is 34.1 Å². The zero-order valence-electron chi connectivity index (χ0n) is 10.7. The van der Waals surface area contributed by atoms with Crippen LogP contribution in [0.2, 0.25) is 0 Å². The highest BCUT2D eigenvalue weighted by Gasteiger charge is 2.25. The normalized spacial score (nSPS) is 20.3. The van der Waals surface area contributed by atoms with Gasteiger partial charge in [0.1, 0.15) is 11.9 Å². The minimum Gasteiger partial charge on any atom is -0.351 e. The first-order valence-electron chi connectivity index (χ1n) is 6.20. The SMILES string of the molecule is CN1CCNCC1C(=O)NCc1cc(Br)ccc1F. The average molecular weight is 330 g/mol. The van der Waals surface area contributed by atoms with Crippen molar-refractivity contribution in [1.82, 2.24) is 15.5 Å². The van der Waals surface area contributed by atoms with Crippen LogP contribution in [0.15, 0.2) is 22.7 Å². The summed E-state index contributed by atoms with van der Waals surface area (Å²) in [6.45, 7) is 2.56. The number of hydrogen-bond acceptors (Lipinski definition) is 3. The summed E-state index contributed by atoms with van der Waals surface area (Å²) in [6.07, 6.45) is 0. The Labute approximate surface area is 120 Å². The van der Waals surface area contributed by atoms with Gasteiger partial charge in [0.15, 0.2) is 0 Å². The van der Waals surface area contributed by atoms with Gasteiger partial charge >= 0.3 is 0 Å². The van der Waals surface area contributed by atoms with Gasteiger partial charge < -0.3 is 10.6 Å². The lowest BCUT2D eigenvalue weighted by Crippen LogP contribution is -2.56. The lowest BCUT2D eigenvalue weighted by atomic mass is 10.1. The maximum absolute atomic E-state index is 13.5. The van der Waals surface area contributed by atoms with Crippen LogP contribution >= 0.6 is 15.9 Å². The Morgan fingerprint density at radius 3 is 3.16 bits per heavy atom. The van der Waals surface area contributed by atoms with Gasteiger partial charge in [0.05, 0.1) is 0 Å². The first kappa shape index (κ1) is 14.4. The summed E-state index contributed by atoms with van der Waals surface area (Å²) in [5, 5.41) is 5.97. The smallest absolute Gasteiger partial charge is 0.238 e. The molecule has 2 rings (SSSR count). The molecule has 1 aliphatic rings. The van der Waals surface area contributed by atoms with Gasteiger partial charge in [-0.3, -0.25) is 9.69 Å². The number of carbonyl (C=O) groups is 1. The van der Waals surface area contributed by atoms with E-state index in [1.54, 1.807) is 12.1 Å².